The number of benzene rings is 2. The lowest BCUT2D eigenvalue weighted by Gasteiger charge is -2.21. The van der Waals surface area contributed by atoms with Gasteiger partial charge in [0, 0.05) is 16.3 Å². The van der Waals surface area contributed by atoms with Crippen LogP contribution < -0.4 is 0 Å². The van der Waals surface area contributed by atoms with Crippen LogP contribution >= 0.6 is 23.4 Å². The first-order valence-electron chi connectivity index (χ1n) is 9.12. The molecule has 0 saturated heterocycles. The van der Waals surface area contributed by atoms with E-state index in [4.69, 9.17) is 11.6 Å². The van der Waals surface area contributed by atoms with Gasteiger partial charge in [-0.3, -0.25) is 14.3 Å². The largest absolute Gasteiger partial charge is 0.300 e. The Balaban J connectivity index is 1.95. The van der Waals surface area contributed by atoms with Crippen molar-refractivity contribution < 1.29 is 9.18 Å². The van der Waals surface area contributed by atoms with Gasteiger partial charge in [-0.1, -0.05) is 23.4 Å². The van der Waals surface area contributed by atoms with Crippen molar-refractivity contribution in [1.82, 2.24) is 19.7 Å². The highest BCUT2D eigenvalue weighted by Gasteiger charge is 2.25. The van der Waals surface area contributed by atoms with E-state index in [1.54, 1.807) is 36.4 Å². The minimum absolute atomic E-state index is 0.0239. The molecule has 0 aliphatic carbocycles. The third kappa shape index (κ3) is 4.86. The van der Waals surface area contributed by atoms with Gasteiger partial charge in [-0.25, -0.2) is 4.39 Å². The Morgan fingerprint density at radius 1 is 1.07 bits per heavy atom. The van der Waals surface area contributed by atoms with Gasteiger partial charge in [0.25, 0.3) is 0 Å². The van der Waals surface area contributed by atoms with E-state index in [9.17, 15) is 9.18 Å². The summed E-state index contributed by atoms with van der Waals surface area (Å²) in [5.74, 6) is 0.377. The Hall–Kier alpha value is -2.22. The maximum absolute atomic E-state index is 13.4. The van der Waals surface area contributed by atoms with Crippen LogP contribution in [0.3, 0.4) is 0 Å². The predicted octanol–water partition coefficient (Wildman–Crippen LogP) is 5.05. The zero-order valence-corrected chi connectivity index (χ0v) is 18.2. The summed E-state index contributed by atoms with van der Waals surface area (Å²) in [6.45, 7) is 3.85. The molecule has 3 aromatic rings. The molecule has 0 amide bonds. The Labute approximate surface area is 178 Å². The van der Waals surface area contributed by atoms with Gasteiger partial charge in [0.2, 0.25) is 0 Å². The van der Waals surface area contributed by atoms with Gasteiger partial charge in [-0.2, -0.15) is 0 Å². The first-order valence-corrected chi connectivity index (χ1v) is 10.4. The van der Waals surface area contributed by atoms with Crippen molar-refractivity contribution in [1.29, 1.82) is 0 Å². The Kier molecular flexibility index (Phi) is 6.72. The van der Waals surface area contributed by atoms with Crippen molar-refractivity contribution in [2.45, 2.75) is 30.3 Å². The molecule has 2 atom stereocenters. The lowest BCUT2D eigenvalue weighted by atomic mass is 10.1. The maximum atomic E-state index is 13.4. The molecule has 0 fully saturated rings. The topological polar surface area (TPSA) is 51.0 Å². The van der Waals surface area contributed by atoms with Crippen LogP contribution in [0, 0.1) is 5.82 Å². The maximum Gasteiger partial charge on any atom is 0.196 e. The Morgan fingerprint density at radius 3 is 2.28 bits per heavy atom. The molecule has 1 aromatic heterocycles. The van der Waals surface area contributed by atoms with Crippen molar-refractivity contribution in [3.63, 3.8) is 0 Å². The fourth-order valence-electron chi connectivity index (χ4n) is 2.75. The normalized spacial score (nSPS) is 13.5. The quantitative estimate of drug-likeness (QED) is 0.386. The molecule has 0 N–H and O–H groups in total. The molecule has 0 unspecified atom stereocenters. The van der Waals surface area contributed by atoms with E-state index in [1.165, 1.54) is 23.9 Å². The van der Waals surface area contributed by atoms with Crippen LogP contribution in [0.15, 0.2) is 53.7 Å². The second-order valence-electron chi connectivity index (χ2n) is 6.92. The van der Waals surface area contributed by atoms with Crippen LogP contribution in [0.5, 0.6) is 0 Å². The molecular formula is C21H22ClFN4OS. The molecule has 0 aliphatic rings. The monoisotopic (exact) mass is 432 g/mol. The third-order valence-corrected chi connectivity index (χ3v) is 5.97. The Bertz CT molecular complexity index is 989. The zero-order chi connectivity index (χ0) is 21.1. The summed E-state index contributed by atoms with van der Waals surface area (Å²) in [6, 6.07) is 13.0. The van der Waals surface area contributed by atoms with Gasteiger partial charge in [0.15, 0.2) is 16.8 Å². The Morgan fingerprint density at radius 2 is 1.69 bits per heavy atom. The van der Waals surface area contributed by atoms with Gasteiger partial charge in [0.05, 0.1) is 11.3 Å². The van der Waals surface area contributed by atoms with Crippen molar-refractivity contribution >= 4 is 29.1 Å². The molecule has 0 bridgehead atoms. The van der Waals surface area contributed by atoms with Crippen LogP contribution in [-0.2, 0) is 0 Å². The van der Waals surface area contributed by atoms with Crippen molar-refractivity contribution in [3.8, 4) is 5.69 Å². The van der Waals surface area contributed by atoms with Gasteiger partial charge in [0.1, 0.15) is 5.82 Å². The highest BCUT2D eigenvalue weighted by Crippen LogP contribution is 2.30. The number of ketones is 1. The molecule has 0 aliphatic heterocycles. The molecule has 152 valence electrons. The number of hydrogen-bond donors (Lipinski definition) is 0. The van der Waals surface area contributed by atoms with Crippen LogP contribution in [0.1, 0.15) is 36.1 Å². The molecule has 0 saturated carbocycles. The smallest absolute Gasteiger partial charge is 0.196 e. The van der Waals surface area contributed by atoms with Gasteiger partial charge in [-0.15, -0.1) is 10.2 Å². The minimum Gasteiger partial charge on any atom is -0.300 e. The molecular weight excluding hydrogens is 411 g/mol. The number of Topliss-reactive ketones (excluding diaryl/α,β-unsaturated/α-hetero) is 1. The predicted molar refractivity (Wildman–Crippen MR) is 115 cm³/mol. The van der Waals surface area contributed by atoms with E-state index in [0.29, 0.717) is 15.7 Å². The van der Waals surface area contributed by atoms with E-state index in [-0.39, 0.29) is 22.9 Å². The van der Waals surface area contributed by atoms with Crippen molar-refractivity contribution in [2.75, 3.05) is 14.1 Å². The third-order valence-electron chi connectivity index (χ3n) is 4.67. The number of hydrogen-bond acceptors (Lipinski definition) is 5. The van der Waals surface area contributed by atoms with Crippen LogP contribution in [-0.4, -0.2) is 44.8 Å². The molecule has 3 rings (SSSR count). The summed E-state index contributed by atoms with van der Waals surface area (Å²) in [6.07, 6.45) is 0. The molecule has 29 heavy (non-hydrogen) atoms. The highest BCUT2D eigenvalue weighted by molar-refractivity contribution is 8.00. The van der Waals surface area contributed by atoms with Crippen molar-refractivity contribution in [3.05, 3.63) is 70.8 Å². The fourth-order valence-corrected chi connectivity index (χ4v) is 3.83. The van der Waals surface area contributed by atoms with Crippen LogP contribution in [0.4, 0.5) is 4.39 Å². The summed E-state index contributed by atoms with van der Waals surface area (Å²) in [7, 11) is 3.90. The second-order valence-corrected chi connectivity index (χ2v) is 8.67. The van der Waals surface area contributed by atoms with Crippen LogP contribution in [0.2, 0.25) is 5.02 Å². The molecule has 0 radical (unpaired) electrons. The van der Waals surface area contributed by atoms with Gasteiger partial charge in [-0.05, 0) is 76.5 Å². The van der Waals surface area contributed by atoms with E-state index < -0.39 is 0 Å². The first kappa shape index (κ1) is 21.5. The van der Waals surface area contributed by atoms with Crippen molar-refractivity contribution in [2.24, 2.45) is 0 Å². The van der Waals surface area contributed by atoms with E-state index >= 15 is 0 Å². The van der Waals surface area contributed by atoms with Gasteiger partial charge >= 0.3 is 0 Å². The number of carbonyl (C=O) groups excluding carboxylic acids is 1. The lowest BCUT2D eigenvalue weighted by Crippen LogP contribution is -2.21. The number of halogens is 2. The SMILES string of the molecule is C[C@H](c1nnc(S[C@H](C)C(=O)c2ccc(Cl)cc2)n1-c1ccc(F)cc1)N(C)C. The summed E-state index contributed by atoms with van der Waals surface area (Å²) in [5, 5.41) is 9.47. The number of nitrogens with zero attached hydrogens (tertiary/aromatic N) is 4. The molecule has 1 heterocycles. The average molecular weight is 433 g/mol. The second kappa shape index (κ2) is 9.07. The van der Waals surface area contributed by atoms with E-state index in [2.05, 4.69) is 10.2 Å². The summed E-state index contributed by atoms with van der Waals surface area (Å²) >= 11 is 7.24. The summed E-state index contributed by atoms with van der Waals surface area (Å²) < 4.78 is 15.3. The summed E-state index contributed by atoms with van der Waals surface area (Å²) in [5.41, 5.74) is 1.33. The van der Waals surface area contributed by atoms with E-state index in [1.807, 2.05) is 37.4 Å². The number of carbonyl (C=O) groups is 1. The lowest BCUT2D eigenvalue weighted by molar-refractivity contribution is 0.0994. The molecule has 8 heteroatoms. The number of aromatic nitrogens is 3. The number of thioether (sulfide) groups is 1. The number of rotatable bonds is 7. The zero-order valence-electron chi connectivity index (χ0n) is 16.6. The average Bonchev–Trinajstić information content (AvgIpc) is 3.11. The minimum atomic E-state index is -0.387. The molecule has 5 nitrogen and oxygen atoms in total. The van der Waals surface area contributed by atoms with Gasteiger partial charge < -0.3 is 0 Å². The summed E-state index contributed by atoms with van der Waals surface area (Å²) in [4.78, 5) is 14.8. The molecule has 2 aromatic carbocycles. The van der Waals surface area contributed by atoms with E-state index in [0.717, 1.165) is 11.5 Å². The highest BCUT2D eigenvalue weighted by atomic mass is 35.5. The standard InChI is InChI=1S/C21H22ClFN4OS/c1-13(26(3)4)20-24-25-21(27(20)18-11-9-17(23)10-12-18)29-14(2)19(28)15-5-7-16(22)8-6-15/h5-14H,1-4H3/t13-,14-/m1/s1. The molecule has 0 spiro atoms. The first-order chi connectivity index (χ1) is 13.8. The fraction of sp³-hybridized carbons (Fsp3) is 0.286. The van der Waals surface area contributed by atoms with Crippen LogP contribution in [0.25, 0.3) is 5.69 Å².